The van der Waals surface area contributed by atoms with Crippen molar-refractivity contribution in [3.05, 3.63) is 34.2 Å². The molecule has 1 fully saturated rings. The predicted molar refractivity (Wildman–Crippen MR) is 80.5 cm³/mol. The van der Waals surface area contributed by atoms with Gasteiger partial charge in [-0.05, 0) is 25.3 Å². The van der Waals surface area contributed by atoms with E-state index in [9.17, 15) is 9.90 Å². The molecule has 1 N–H and O–H groups in total. The Morgan fingerprint density at radius 1 is 1.38 bits per heavy atom. The molecule has 0 saturated carbocycles. The number of aliphatic hydroxyl groups excluding tert-OH is 1. The fourth-order valence-electron chi connectivity index (χ4n) is 3.75. The van der Waals surface area contributed by atoms with Gasteiger partial charge in [0.05, 0.1) is 12.7 Å². The van der Waals surface area contributed by atoms with Crippen LogP contribution in [-0.2, 0) is 11.3 Å². The Labute approximate surface area is 125 Å². The van der Waals surface area contributed by atoms with E-state index in [1.54, 1.807) is 6.07 Å². The van der Waals surface area contributed by atoms with Gasteiger partial charge < -0.3 is 14.4 Å². The van der Waals surface area contributed by atoms with E-state index in [1.165, 1.54) is 0 Å². The molecule has 0 aromatic carbocycles. The smallest absolute Gasteiger partial charge is 0.250 e. The number of piperidine rings is 1. The van der Waals surface area contributed by atoms with E-state index in [1.807, 2.05) is 17.6 Å². The summed E-state index contributed by atoms with van der Waals surface area (Å²) in [7, 11) is 0. The van der Waals surface area contributed by atoms with Gasteiger partial charge in [-0.3, -0.25) is 9.69 Å². The first-order valence-corrected chi connectivity index (χ1v) is 7.85. The lowest BCUT2D eigenvalue weighted by atomic mass is 9.83. The highest BCUT2D eigenvalue weighted by Gasteiger charge is 2.34. The summed E-state index contributed by atoms with van der Waals surface area (Å²) < 4.78 is 7.22. The topological polar surface area (TPSA) is 54.7 Å². The van der Waals surface area contributed by atoms with Gasteiger partial charge >= 0.3 is 0 Å². The van der Waals surface area contributed by atoms with Gasteiger partial charge in [0, 0.05) is 50.5 Å². The molecular formula is C16H24N2O3. The van der Waals surface area contributed by atoms with Crippen LogP contribution in [0.2, 0.25) is 0 Å². The zero-order chi connectivity index (χ0) is 14.8. The summed E-state index contributed by atoms with van der Waals surface area (Å²) in [6, 6.07) is 5.58. The minimum atomic E-state index is -0.429. The first-order chi connectivity index (χ1) is 10.2. The molecule has 21 heavy (non-hydrogen) atoms. The van der Waals surface area contributed by atoms with Crippen LogP contribution < -0.4 is 5.56 Å². The Bertz CT molecular complexity index is 543. The number of rotatable bonds is 5. The molecule has 5 heteroatoms. The standard InChI is InChI=1S/C16H24N2O3/c1-2-21-11-14(19)10-17-7-12-6-13(9-17)15-4-3-5-16(20)18(15)8-12/h3-5,12-14,19H,2,6-11H2,1H3/t12-,13-,14+/m1/s1. The van der Waals surface area contributed by atoms with Crippen molar-refractivity contribution in [2.45, 2.75) is 31.9 Å². The lowest BCUT2D eigenvalue weighted by molar-refractivity contribution is 0.00625. The zero-order valence-electron chi connectivity index (χ0n) is 12.6. The molecule has 1 saturated heterocycles. The summed E-state index contributed by atoms with van der Waals surface area (Å²) >= 11 is 0. The molecule has 0 aliphatic carbocycles. The van der Waals surface area contributed by atoms with E-state index in [4.69, 9.17) is 4.74 Å². The Hall–Kier alpha value is -1.17. The van der Waals surface area contributed by atoms with Gasteiger partial charge in [-0.1, -0.05) is 6.07 Å². The second-order valence-corrected chi connectivity index (χ2v) is 6.23. The number of hydrogen-bond donors (Lipinski definition) is 1. The second kappa shape index (κ2) is 6.30. The Morgan fingerprint density at radius 2 is 2.24 bits per heavy atom. The van der Waals surface area contributed by atoms with Gasteiger partial charge in [0.15, 0.2) is 0 Å². The highest BCUT2D eigenvalue weighted by Crippen LogP contribution is 2.34. The minimum absolute atomic E-state index is 0.118. The maximum Gasteiger partial charge on any atom is 0.250 e. The lowest BCUT2D eigenvalue weighted by Gasteiger charge is -2.43. The molecule has 3 atom stereocenters. The maximum atomic E-state index is 12.0. The van der Waals surface area contributed by atoms with E-state index in [0.29, 0.717) is 31.6 Å². The number of nitrogens with zero attached hydrogens (tertiary/aromatic N) is 2. The molecule has 116 valence electrons. The highest BCUT2D eigenvalue weighted by atomic mass is 16.5. The van der Waals surface area contributed by atoms with Crippen molar-refractivity contribution in [3.63, 3.8) is 0 Å². The van der Waals surface area contributed by atoms with Crippen LogP contribution in [0.3, 0.4) is 0 Å². The third kappa shape index (κ3) is 3.20. The molecule has 0 amide bonds. The van der Waals surface area contributed by atoms with E-state index < -0.39 is 6.10 Å². The van der Waals surface area contributed by atoms with Crippen LogP contribution in [0.25, 0.3) is 0 Å². The van der Waals surface area contributed by atoms with Crippen LogP contribution in [0.15, 0.2) is 23.0 Å². The summed E-state index contributed by atoms with van der Waals surface area (Å²) in [5.41, 5.74) is 1.27. The zero-order valence-corrected chi connectivity index (χ0v) is 12.6. The molecule has 3 rings (SSSR count). The molecule has 2 aliphatic rings. The average Bonchev–Trinajstić information content (AvgIpc) is 2.46. The van der Waals surface area contributed by atoms with Crippen LogP contribution >= 0.6 is 0 Å². The Kier molecular flexibility index (Phi) is 4.42. The van der Waals surface area contributed by atoms with Gasteiger partial charge in [-0.25, -0.2) is 0 Å². The van der Waals surface area contributed by atoms with E-state index in [0.717, 1.165) is 31.7 Å². The SMILES string of the molecule is CCOC[C@@H](O)CN1C[C@H]2C[C@H](C1)c1cccc(=O)n1C2. The number of hydrogen-bond acceptors (Lipinski definition) is 4. The van der Waals surface area contributed by atoms with Crippen LogP contribution in [-0.4, -0.2) is 53.5 Å². The summed E-state index contributed by atoms with van der Waals surface area (Å²) in [6.07, 6.45) is 0.725. The normalized spacial score (nSPS) is 26.4. The molecule has 0 unspecified atom stereocenters. The number of aromatic nitrogens is 1. The van der Waals surface area contributed by atoms with Crippen molar-refractivity contribution in [3.8, 4) is 0 Å². The van der Waals surface area contributed by atoms with Crippen molar-refractivity contribution in [2.24, 2.45) is 5.92 Å². The van der Waals surface area contributed by atoms with Crippen LogP contribution in [0, 0.1) is 5.92 Å². The third-order valence-electron chi connectivity index (χ3n) is 4.54. The average molecular weight is 292 g/mol. The van der Waals surface area contributed by atoms with Gasteiger partial charge in [0.2, 0.25) is 0 Å². The molecule has 2 bridgehead atoms. The first kappa shape index (κ1) is 14.8. The van der Waals surface area contributed by atoms with E-state index >= 15 is 0 Å². The summed E-state index contributed by atoms with van der Waals surface area (Å²) in [5.74, 6) is 0.918. The second-order valence-electron chi connectivity index (χ2n) is 6.23. The van der Waals surface area contributed by atoms with Crippen LogP contribution in [0.1, 0.15) is 25.0 Å². The van der Waals surface area contributed by atoms with Crippen molar-refractivity contribution in [1.82, 2.24) is 9.47 Å². The molecule has 2 aliphatic heterocycles. The Balaban J connectivity index is 1.69. The Morgan fingerprint density at radius 3 is 3.05 bits per heavy atom. The molecule has 5 nitrogen and oxygen atoms in total. The molecule has 3 heterocycles. The lowest BCUT2D eigenvalue weighted by Crippen LogP contribution is -2.49. The van der Waals surface area contributed by atoms with Crippen molar-refractivity contribution < 1.29 is 9.84 Å². The molecular weight excluding hydrogens is 268 g/mol. The highest BCUT2D eigenvalue weighted by molar-refractivity contribution is 5.16. The van der Waals surface area contributed by atoms with Gasteiger partial charge in [-0.2, -0.15) is 0 Å². The summed E-state index contributed by atoms with van der Waals surface area (Å²) in [4.78, 5) is 14.3. The fraction of sp³-hybridized carbons (Fsp3) is 0.688. The number of ether oxygens (including phenoxy) is 1. The molecule has 1 aromatic rings. The minimum Gasteiger partial charge on any atom is -0.389 e. The molecule has 0 radical (unpaired) electrons. The fourth-order valence-corrected chi connectivity index (χ4v) is 3.75. The maximum absolute atomic E-state index is 12.0. The monoisotopic (exact) mass is 292 g/mol. The first-order valence-electron chi connectivity index (χ1n) is 7.85. The van der Waals surface area contributed by atoms with Crippen molar-refractivity contribution >= 4 is 0 Å². The quantitative estimate of drug-likeness (QED) is 0.866. The number of β-amino-alcohol motifs (C(OH)–C–C–N with tert-alkyl or cyclic N) is 1. The number of aliphatic hydroxyl groups is 1. The van der Waals surface area contributed by atoms with Crippen LogP contribution in [0.4, 0.5) is 0 Å². The van der Waals surface area contributed by atoms with E-state index in [2.05, 4.69) is 11.0 Å². The van der Waals surface area contributed by atoms with Crippen LogP contribution in [0.5, 0.6) is 0 Å². The molecule has 0 spiro atoms. The summed E-state index contributed by atoms with van der Waals surface area (Å²) in [5, 5.41) is 10.0. The predicted octanol–water partition coefficient (Wildman–Crippen LogP) is 0.665. The summed E-state index contributed by atoms with van der Waals surface area (Å²) in [6.45, 7) is 6.32. The van der Waals surface area contributed by atoms with Crippen molar-refractivity contribution in [2.75, 3.05) is 32.8 Å². The van der Waals surface area contributed by atoms with E-state index in [-0.39, 0.29) is 5.56 Å². The van der Waals surface area contributed by atoms with Gasteiger partial charge in [-0.15, -0.1) is 0 Å². The largest absolute Gasteiger partial charge is 0.389 e. The van der Waals surface area contributed by atoms with Gasteiger partial charge in [0.25, 0.3) is 5.56 Å². The number of fused-ring (bicyclic) bond motifs is 4. The number of likely N-dealkylation sites (tertiary alicyclic amines) is 1. The van der Waals surface area contributed by atoms with Crippen molar-refractivity contribution in [1.29, 1.82) is 0 Å². The third-order valence-corrected chi connectivity index (χ3v) is 4.54. The number of pyridine rings is 1. The molecule has 1 aromatic heterocycles. The van der Waals surface area contributed by atoms with Gasteiger partial charge in [0.1, 0.15) is 0 Å².